The van der Waals surface area contributed by atoms with Gasteiger partial charge in [-0.1, -0.05) is 0 Å². The molecule has 2 rings (SSSR count). The van der Waals surface area contributed by atoms with Crippen LogP contribution in [-0.2, 0) is 13.6 Å². The highest BCUT2D eigenvalue weighted by Gasteiger charge is 2.13. The first-order chi connectivity index (χ1) is 7.88. The Hall–Kier alpha value is -1.55. The lowest BCUT2D eigenvalue weighted by Crippen LogP contribution is -2.35. The highest BCUT2D eigenvalue weighted by atomic mass is 15.0. The summed E-state index contributed by atoms with van der Waals surface area (Å²) in [6.07, 6.45) is 3.75. The fourth-order valence-electron chi connectivity index (χ4n) is 1.83. The van der Waals surface area contributed by atoms with Crippen LogP contribution in [0.2, 0.25) is 0 Å². The van der Waals surface area contributed by atoms with Gasteiger partial charge in [-0.05, 0) is 26.8 Å². The van der Waals surface area contributed by atoms with Crippen molar-refractivity contribution in [1.82, 2.24) is 14.9 Å². The number of anilines is 1. The standard InChI is InChI=1S/C13H20N4/c1-13(2,3)16-7-10-9-5-6-17(4)12(9)15-8-11(10)14/h5-6,8,16H,7,14H2,1-4H3. The molecule has 0 unspecified atom stereocenters. The Balaban J connectivity index is 2.41. The second kappa shape index (κ2) is 4.04. The number of hydrogen-bond acceptors (Lipinski definition) is 3. The van der Waals surface area contributed by atoms with E-state index in [0.29, 0.717) is 0 Å². The van der Waals surface area contributed by atoms with E-state index in [2.05, 4.69) is 37.1 Å². The lowest BCUT2D eigenvalue weighted by molar-refractivity contribution is 0.425. The molecule has 4 nitrogen and oxygen atoms in total. The fraction of sp³-hybridized carbons (Fsp3) is 0.462. The zero-order valence-corrected chi connectivity index (χ0v) is 10.9. The number of nitrogens with zero attached hydrogens (tertiary/aromatic N) is 2. The number of aryl methyl sites for hydroxylation is 1. The second-order valence-electron chi connectivity index (χ2n) is 5.46. The zero-order valence-electron chi connectivity index (χ0n) is 10.9. The van der Waals surface area contributed by atoms with E-state index in [-0.39, 0.29) is 5.54 Å². The molecule has 2 aromatic heterocycles. The quantitative estimate of drug-likeness (QED) is 0.833. The number of nitrogens with one attached hydrogen (secondary N) is 1. The van der Waals surface area contributed by atoms with E-state index in [4.69, 9.17) is 5.73 Å². The third-order valence-corrected chi connectivity index (χ3v) is 2.83. The first kappa shape index (κ1) is 11.9. The molecule has 0 fully saturated rings. The topological polar surface area (TPSA) is 55.9 Å². The van der Waals surface area contributed by atoms with Gasteiger partial charge in [0.25, 0.3) is 0 Å². The van der Waals surface area contributed by atoms with Crippen molar-refractivity contribution in [3.05, 3.63) is 24.0 Å². The number of rotatable bonds is 2. The van der Waals surface area contributed by atoms with Crippen LogP contribution in [0.25, 0.3) is 11.0 Å². The van der Waals surface area contributed by atoms with Crippen molar-refractivity contribution < 1.29 is 0 Å². The van der Waals surface area contributed by atoms with Crippen LogP contribution in [0.1, 0.15) is 26.3 Å². The summed E-state index contributed by atoms with van der Waals surface area (Å²) in [6, 6.07) is 2.07. The van der Waals surface area contributed by atoms with E-state index < -0.39 is 0 Å². The number of nitrogen functional groups attached to an aromatic ring is 1. The highest BCUT2D eigenvalue weighted by molar-refractivity contribution is 5.84. The molecule has 0 aliphatic carbocycles. The summed E-state index contributed by atoms with van der Waals surface area (Å²) in [5.74, 6) is 0. The summed E-state index contributed by atoms with van der Waals surface area (Å²) in [5, 5.41) is 4.59. The minimum atomic E-state index is 0.0802. The molecule has 0 aliphatic rings. The van der Waals surface area contributed by atoms with Gasteiger partial charge < -0.3 is 15.6 Å². The van der Waals surface area contributed by atoms with Crippen LogP contribution in [0.5, 0.6) is 0 Å². The maximum absolute atomic E-state index is 6.01. The van der Waals surface area contributed by atoms with Crippen molar-refractivity contribution in [2.75, 3.05) is 5.73 Å². The summed E-state index contributed by atoms with van der Waals surface area (Å²) < 4.78 is 2.01. The van der Waals surface area contributed by atoms with Crippen molar-refractivity contribution in [3.63, 3.8) is 0 Å². The molecule has 92 valence electrons. The molecule has 0 amide bonds. The van der Waals surface area contributed by atoms with Crippen molar-refractivity contribution >= 4 is 16.7 Å². The third-order valence-electron chi connectivity index (χ3n) is 2.83. The Kier molecular flexibility index (Phi) is 2.83. The molecular formula is C13H20N4. The van der Waals surface area contributed by atoms with Gasteiger partial charge in [-0.2, -0.15) is 0 Å². The SMILES string of the molecule is Cn1ccc2c(CNC(C)(C)C)c(N)cnc21. The van der Waals surface area contributed by atoms with E-state index in [9.17, 15) is 0 Å². The Bertz CT molecular complexity index is 534. The number of fused-ring (bicyclic) bond motifs is 1. The summed E-state index contributed by atoms with van der Waals surface area (Å²) in [4.78, 5) is 4.36. The number of aromatic nitrogens is 2. The predicted octanol–water partition coefficient (Wildman–Crippen LogP) is 2.04. The normalized spacial score (nSPS) is 12.2. The largest absolute Gasteiger partial charge is 0.397 e. The van der Waals surface area contributed by atoms with E-state index in [0.717, 1.165) is 28.8 Å². The summed E-state index contributed by atoms with van der Waals surface area (Å²) in [5.41, 5.74) is 8.95. The molecule has 0 atom stereocenters. The number of pyridine rings is 1. The average molecular weight is 232 g/mol. The van der Waals surface area contributed by atoms with Crippen LogP contribution < -0.4 is 11.1 Å². The van der Waals surface area contributed by atoms with Gasteiger partial charge >= 0.3 is 0 Å². The molecule has 0 aromatic carbocycles. The van der Waals surface area contributed by atoms with Gasteiger partial charge in [-0.3, -0.25) is 0 Å². The van der Waals surface area contributed by atoms with Gasteiger partial charge in [0.2, 0.25) is 0 Å². The molecule has 0 spiro atoms. The monoisotopic (exact) mass is 232 g/mol. The Morgan fingerprint density at radius 3 is 2.76 bits per heavy atom. The van der Waals surface area contributed by atoms with Crippen LogP contribution in [0, 0.1) is 0 Å². The molecule has 0 aliphatic heterocycles. The van der Waals surface area contributed by atoms with Gasteiger partial charge in [0, 0.05) is 36.3 Å². The predicted molar refractivity (Wildman–Crippen MR) is 71.7 cm³/mol. The van der Waals surface area contributed by atoms with Crippen molar-refractivity contribution in [2.45, 2.75) is 32.9 Å². The number of hydrogen-bond donors (Lipinski definition) is 2. The molecule has 0 bridgehead atoms. The molecule has 0 radical (unpaired) electrons. The van der Waals surface area contributed by atoms with Crippen molar-refractivity contribution in [3.8, 4) is 0 Å². The maximum atomic E-state index is 6.01. The van der Waals surface area contributed by atoms with Gasteiger partial charge in [-0.25, -0.2) is 4.98 Å². The molecule has 2 heterocycles. The van der Waals surface area contributed by atoms with E-state index in [1.807, 2.05) is 17.8 Å². The Labute approximate surface area is 102 Å². The minimum Gasteiger partial charge on any atom is -0.397 e. The summed E-state index contributed by atoms with van der Waals surface area (Å²) in [6.45, 7) is 7.20. The Morgan fingerprint density at radius 2 is 2.12 bits per heavy atom. The molecule has 4 heteroatoms. The molecular weight excluding hydrogens is 212 g/mol. The first-order valence-electron chi connectivity index (χ1n) is 5.82. The summed E-state index contributed by atoms with van der Waals surface area (Å²) >= 11 is 0. The van der Waals surface area contributed by atoms with Crippen LogP contribution in [-0.4, -0.2) is 15.1 Å². The molecule has 0 saturated carbocycles. The van der Waals surface area contributed by atoms with Crippen LogP contribution in [0.4, 0.5) is 5.69 Å². The lowest BCUT2D eigenvalue weighted by atomic mass is 10.1. The van der Waals surface area contributed by atoms with Crippen molar-refractivity contribution in [1.29, 1.82) is 0 Å². The van der Waals surface area contributed by atoms with Crippen molar-refractivity contribution in [2.24, 2.45) is 7.05 Å². The van der Waals surface area contributed by atoms with Gasteiger partial charge in [0.1, 0.15) is 5.65 Å². The van der Waals surface area contributed by atoms with Crippen LogP contribution >= 0.6 is 0 Å². The fourth-order valence-corrected chi connectivity index (χ4v) is 1.83. The minimum absolute atomic E-state index is 0.0802. The lowest BCUT2D eigenvalue weighted by Gasteiger charge is -2.21. The van der Waals surface area contributed by atoms with Crippen LogP contribution in [0.15, 0.2) is 18.5 Å². The molecule has 2 aromatic rings. The third kappa shape index (κ3) is 2.42. The first-order valence-corrected chi connectivity index (χ1v) is 5.82. The molecule has 3 N–H and O–H groups in total. The number of nitrogens with two attached hydrogens (primary N) is 1. The average Bonchev–Trinajstić information content (AvgIpc) is 2.57. The molecule has 0 saturated heterocycles. The van der Waals surface area contributed by atoms with Crippen LogP contribution in [0.3, 0.4) is 0 Å². The maximum Gasteiger partial charge on any atom is 0.140 e. The van der Waals surface area contributed by atoms with Gasteiger partial charge in [0.15, 0.2) is 0 Å². The highest BCUT2D eigenvalue weighted by Crippen LogP contribution is 2.23. The van der Waals surface area contributed by atoms with Gasteiger partial charge in [-0.15, -0.1) is 0 Å². The van der Waals surface area contributed by atoms with E-state index >= 15 is 0 Å². The molecule has 17 heavy (non-hydrogen) atoms. The summed E-state index contributed by atoms with van der Waals surface area (Å²) in [7, 11) is 1.99. The smallest absolute Gasteiger partial charge is 0.140 e. The zero-order chi connectivity index (χ0) is 12.6. The van der Waals surface area contributed by atoms with E-state index in [1.165, 1.54) is 0 Å². The van der Waals surface area contributed by atoms with E-state index in [1.54, 1.807) is 6.20 Å². The van der Waals surface area contributed by atoms with Gasteiger partial charge in [0.05, 0.1) is 11.9 Å². The second-order valence-corrected chi connectivity index (χ2v) is 5.46. The Morgan fingerprint density at radius 1 is 1.41 bits per heavy atom.